The lowest BCUT2D eigenvalue weighted by Gasteiger charge is -2.30. The predicted molar refractivity (Wildman–Crippen MR) is 67.1 cm³/mol. The summed E-state index contributed by atoms with van der Waals surface area (Å²) in [4.78, 5) is 10.2. The molecule has 94 valence electrons. The Morgan fingerprint density at radius 3 is 2.35 bits per heavy atom. The highest BCUT2D eigenvalue weighted by Gasteiger charge is 2.27. The van der Waals surface area contributed by atoms with Crippen LogP contribution in [0.5, 0.6) is 0 Å². The van der Waals surface area contributed by atoms with Crippen LogP contribution in [0.3, 0.4) is 0 Å². The van der Waals surface area contributed by atoms with Crippen molar-refractivity contribution < 1.29 is 8.42 Å². The second kappa shape index (κ2) is 4.78. The van der Waals surface area contributed by atoms with Crippen LogP contribution in [-0.4, -0.2) is 43.0 Å². The van der Waals surface area contributed by atoms with Gasteiger partial charge in [-0.25, -0.2) is 18.4 Å². The molecule has 1 aromatic heterocycles. The van der Waals surface area contributed by atoms with E-state index in [2.05, 4.69) is 9.97 Å². The molecule has 0 aliphatic carbocycles. The minimum Gasteiger partial charge on any atom is -0.341 e. The molecule has 1 saturated heterocycles. The van der Waals surface area contributed by atoms with Crippen LogP contribution in [0.1, 0.15) is 12.8 Å². The van der Waals surface area contributed by atoms with Crippen LogP contribution in [0.15, 0.2) is 12.4 Å². The standard InChI is InChI=1S/C10H14ClN3O2S/c1-14(10-12-6-8(11)7-13-10)9-2-4-17(15,16)5-3-9/h6-7,9H,2-5H2,1H3. The molecule has 1 fully saturated rings. The smallest absolute Gasteiger partial charge is 0.225 e. The Bertz CT molecular complexity index is 475. The van der Waals surface area contributed by atoms with Gasteiger partial charge >= 0.3 is 0 Å². The summed E-state index contributed by atoms with van der Waals surface area (Å²) in [6.45, 7) is 0. The molecule has 5 nitrogen and oxygen atoms in total. The van der Waals surface area contributed by atoms with Gasteiger partial charge in [-0.15, -0.1) is 0 Å². The van der Waals surface area contributed by atoms with E-state index in [0.717, 1.165) is 0 Å². The molecule has 0 bridgehead atoms. The summed E-state index contributed by atoms with van der Waals surface area (Å²) in [5.41, 5.74) is 0. The highest BCUT2D eigenvalue weighted by atomic mass is 35.5. The van der Waals surface area contributed by atoms with E-state index < -0.39 is 9.84 Å². The summed E-state index contributed by atoms with van der Waals surface area (Å²) < 4.78 is 22.7. The van der Waals surface area contributed by atoms with Crippen molar-refractivity contribution in [1.29, 1.82) is 0 Å². The van der Waals surface area contributed by atoms with E-state index in [9.17, 15) is 8.42 Å². The number of nitrogens with zero attached hydrogens (tertiary/aromatic N) is 3. The van der Waals surface area contributed by atoms with Gasteiger partial charge < -0.3 is 4.90 Å². The Balaban J connectivity index is 2.06. The molecule has 0 atom stereocenters. The second-order valence-electron chi connectivity index (χ2n) is 4.20. The first-order chi connectivity index (χ1) is 7.98. The first-order valence-corrected chi connectivity index (χ1v) is 7.59. The molecule has 2 rings (SSSR count). The van der Waals surface area contributed by atoms with Gasteiger partial charge in [-0.3, -0.25) is 0 Å². The molecule has 0 radical (unpaired) electrons. The van der Waals surface area contributed by atoms with Crippen molar-refractivity contribution in [3.8, 4) is 0 Å². The van der Waals surface area contributed by atoms with Gasteiger partial charge in [0, 0.05) is 13.1 Å². The van der Waals surface area contributed by atoms with E-state index in [4.69, 9.17) is 11.6 Å². The van der Waals surface area contributed by atoms with Crippen LogP contribution in [0.4, 0.5) is 5.95 Å². The lowest BCUT2D eigenvalue weighted by Crippen LogP contribution is -2.39. The third-order valence-electron chi connectivity index (χ3n) is 2.99. The second-order valence-corrected chi connectivity index (χ2v) is 6.94. The fourth-order valence-electron chi connectivity index (χ4n) is 1.92. The van der Waals surface area contributed by atoms with E-state index in [1.54, 1.807) is 12.4 Å². The summed E-state index contributed by atoms with van der Waals surface area (Å²) in [7, 11) is -0.946. The zero-order valence-electron chi connectivity index (χ0n) is 9.50. The van der Waals surface area contributed by atoms with Crippen molar-refractivity contribution >= 4 is 27.4 Å². The average Bonchev–Trinajstić information content (AvgIpc) is 2.29. The Morgan fingerprint density at radius 1 is 1.29 bits per heavy atom. The minimum absolute atomic E-state index is 0.180. The number of anilines is 1. The highest BCUT2D eigenvalue weighted by Crippen LogP contribution is 2.20. The first-order valence-electron chi connectivity index (χ1n) is 5.39. The van der Waals surface area contributed by atoms with Gasteiger partial charge in [0.1, 0.15) is 9.84 Å². The Labute approximate surface area is 106 Å². The molecular weight excluding hydrogens is 262 g/mol. The topological polar surface area (TPSA) is 63.2 Å². The molecule has 7 heteroatoms. The Kier molecular flexibility index (Phi) is 3.53. The average molecular weight is 276 g/mol. The molecule has 17 heavy (non-hydrogen) atoms. The molecule has 0 amide bonds. The number of hydrogen-bond acceptors (Lipinski definition) is 5. The minimum atomic E-state index is -2.83. The maximum Gasteiger partial charge on any atom is 0.225 e. The Hall–Kier alpha value is -0.880. The number of halogens is 1. The van der Waals surface area contributed by atoms with E-state index in [1.807, 2.05) is 11.9 Å². The number of rotatable bonds is 2. The number of hydrogen-bond donors (Lipinski definition) is 0. The van der Waals surface area contributed by atoms with Gasteiger partial charge in [-0.05, 0) is 12.8 Å². The van der Waals surface area contributed by atoms with Gasteiger partial charge in [-0.1, -0.05) is 11.6 Å². The molecule has 1 aliphatic rings. The van der Waals surface area contributed by atoms with Gasteiger partial charge in [0.2, 0.25) is 5.95 Å². The molecule has 1 aliphatic heterocycles. The van der Waals surface area contributed by atoms with Gasteiger partial charge in [0.15, 0.2) is 0 Å². The molecule has 0 unspecified atom stereocenters. The lowest BCUT2D eigenvalue weighted by molar-refractivity contribution is 0.528. The third-order valence-corrected chi connectivity index (χ3v) is 4.90. The quantitative estimate of drug-likeness (QED) is 0.810. The number of sulfone groups is 1. The van der Waals surface area contributed by atoms with Crippen LogP contribution in [-0.2, 0) is 9.84 Å². The predicted octanol–water partition coefficient (Wildman–Crippen LogP) is 1.14. The van der Waals surface area contributed by atoms with Crippen LogP contribution < -0.4 is 4.90 Å². The normalized spacial score (nSPS) is 20.1. The Morgan fingerprint density at radius 2 is 1.82 bits per heavy atom. The number of aromatic nitrogens is 2. The van der Waals surface area contributed by atoms with E-state index in [1.165, 1.54) is 0 Å². The largest absolute Gasteiger partial charge is 0.341 e. The molecule has 0 saturated carbocycles. The van der Waals surface area contributed by atoms with Gasteiger partial charge in [0.25, 0.3) is 0 Å². The maximum atomic E-state index is 11.3. The van der Waals surface area contributed by atoms with Gasteiger partial charge in [0.05, 0.1) is 28.9 Å². The zero-order chi connectivity index (χ0) is 12.5. The van der Waals surface area contributed by atoms with Crippen molar-refractivity contribution in [2.75, 3.05) is 23.5 Å². The summed E-state index contributed by atoms with van der Waals surface area (Å²) >= 11 is 5.72. The fourth-order valence-corrected chi connectivity index (χ4v) is 3.48. The highest BCUT2D eigenvalue weighted by molar-refractivity contribution is 7.91. The van der Waals surface area contributed by atoms with Crippen LogP contribution in [0, 0.1) is 0 Å². The summed E-state index contributed by atoms with van der Waals surface area (Å²) in [6.07, 6.45) is 4.34. The summed E-state index contributed by atoms with van der Waals surface area (Å²) in [5, 5.41) is 0.494. The summed E-state index contributed by atoms with van der Waals surface area (Å²) in [5.74, 6) is 1.07. The first kappa shape index (κ1) is 12.6. The van der Waals surface area contributed by atoms with Crippen molar-refractivity contribution in [2.45, 2.75) is 18.9 Å². The lowest BCUT2D eigenvalue weighted by atomic mass is 10.1. The molecule has 1 aromatic rings. The van der Waals surface area contributed by atoms with Gasteiger partial charge in [-0.2, -0.15) is 0 Å². The van der Waals surface area contributed by atoms with Crippen molar-refractivity contribution in [3.63, 3.8) is 0 Å². The molecule has 2 heterocycles. The van der Waals surface area contributed by atoms with Crippen molar-refractivity contribution in [3.05, 3.63) is 17.4 Å². The van der Waals surface area contributed by atoms with E-state index >= 15 is 0 Å². The molecule has 0 N–H and O–H groups in total. The molecular formula is C10H14ClN3O2S. The maximum absolute atomic E-state index is 11.3. The van der Waals surface area contributed by atoms with Crippen LogP contribution >= 0.6 is 11.6 Å². The van der Waals surface area contributed by atoms with Crippen LogP contribution in [0.25, 0.3) is 0 Å². The summed E-state index contributed by atoms with van der Waals surface area (Å²) in [6, 6.07) is 0.180. The van der Waals surface area contributed by atoms with E-state index in [-0.39, 0.29) is 17.5 Å². The van der Waals surface area contributed by atoms with Crippen LogP contribution in [0.2, 0.25) is 5.02 Å². The molecule has 0 aromatic carbocycles. The third kappa shape index (κ3) is 3.07. The monoisotopic (exact) mass is 275 g/mol. The molecule has 0 spiro atoms. The van der Waals surface area contributed by atoms with E-state index in [0.29, 0.717) is 23.8 Å². The van der Waals surface area contributed by atoms with Crippen molar-refractivity contribution in [2.24, 2.45) is 0 Å². The van der Waals surface area contributed by atoms with Crippen molar-refractivity contribution in [1.82, 2.24) is 9.97 Å². The zero-order valence-corrected chi connectivity index (χ0v) is 11.1. The fraction of sp³-hybridized carbons (Fsp3) is 0.600. The SMILES string of the molecule is CN(c1ncc(Cl)cn1)C1CCS(=O)(=O)CC1.